The molecule has 2 aliphatic heterocycles. The SMILES string of the molecule is COc1cc(C2C(C(=O)Nc3cccc(C)c3C)=C(C)Nc3nnnn32)ccc1OCC(=O)N1CCOCC1. The number of morpholine rings is 1. The Morgan fingerprint density at radius 3 is 2.69 bits per heavy atom. The number of nitrogens with one attached hydrogen (secondary N) is 2. The number of ether oxygens (including phenoxy) is 3. The van der Waals surface area contributed by atoms with E-state index in [0.29, 0.717) is 60.6 Å². The third-order valence-electron chi connectivity index (χ3n) is 7.03. The molecule has 1 fully saturated rings. The molecule has 204 valence electrons. The molecule has 2 aliphatic rings. The number of amides is 2. The molecular weight excluding hydrogens is 502 g/mol. The molecule has 39 heavy (non-hydrogen) atoms. The van der Waals surface area contributed by atoms with Gasteiger partial charge in [-0.3, -0.25) is 9.59 Å². The van der Waals surface area contributed by atoms with Gasteiger partial charge in [-0.25, -0.2) is 0 Å². The first-order chi connectivity index (χ1) is 18.9. The Labute approximate surface area is 225 Å². The average molecular weight is 534 g/mol. The second-order valence-electron chi connectivity index (χ2n) is 9.41. The number of benzene rings is 2. The molecule has 0 spiro atoms. The van der Waals surface area contributed by atoms with Crippen LogP contribution in [0, 0.1) is 13.8 Å². The fraction of sp³-hybridized carbons (Fsp3) is 0.370. The van der Waals surface area contributed by atoms with Crippen molar-refractivity contribution >= 4 is 23.5 Å². The van der Waals surface area contributed by atoms with Gasteiger partial charge in [0.15, 0.2) is 18.1 Å². The summed E-state index contributed by atoms with van der Waals surface area (Å²) in [6.07, 6.45) is 0. The van der Waals surface area contributed by atoms with Crippen molar-refractivity contribution in [2.45, 2.75) is 26.8 Å². The molecule has 12 heteroatoms. The maximum absolute atomic E-state index is 13.7. The number of carbonyl (C=O) groups is 2. The zero-order valence-electron chi connectivity index (χ0n) is 22.4. The molecule has 0 bridgehead atoms. The normalized spacial score (nSPS) is 16.8. The van der Waals surface area contributed by atoms with E-state index in [0.717, 1.165) is 16.8 Å². The molecule has 3 heterocycles. The van der Waals surface area contributed by atoms with E-state index in [9.17, 15) is 9.59 Å². The third kappa shape index (κ3) is 5.28. The van der Waals surface area contributed by atoms with Gasteiger partial charge in [-0.05, 0) is 66.1 Å². The van der Waals surface area contributed by atoms with Crippen LogP contribution < -0.4 is 20.1 Å². The van der Waals surface area contributed by atoms with Crippen LogP contribution in [0.25, 0.3) is 0 Å². The van der Waals surface area contributed by atoms with E-state index >= 15 is 0 Å². The highest BCUT2D eigenvalue weighted by molar-refractivity contribution is 6.06. The van der Waals surface area contributed by atoms with Crippen LogP contribution in [0.1, 0.15) is 29.7 Å². The molecule has 0 saturated carbocycles. The summed E-state index contributed by atoms with van der Waals surface area (Å²) in [4.78, 5) is 28.0. The molecule has 2 N–H and O–H groups in total. The molecule has 1 unspecified atom stereocenters. The third-order valence-corrected chi connectivity index (χ3v) is 7.03. The minimum Gasteiger partial charge on any atom is -0.493 e. The van der Waals surface area contributed by atoms with E-state index in [1.54, 1.807) is 21.7 Å². The van der Waals surface area contributed by atoms with Gasteiger partial charge < -0.3 is 29.7 Å². The van der Waals surface area contributed by atoms with Crippen LogP contribution in [-0.2, 0) is 14.3 Å². The van der Waals surface area contributed by atoms with Crippen LogP contribution in [0.15, 0.2) is 47.7 Å². The maximum atomic E-state index is 13.7. The van der Waals surface area contributed by atoms with Gasteiger partial charge in [-0.1, -0.05) is 23.3 Å². The highest BCUT2D eigenvalue weighted by atomic mass is 16.5. The largest absolute Gasteiger partial charge is 0.493 e. The molecule has 5 rings (SSSR count). The summed E-state index contributed by atoms with van der Waals surface area (Å²) in [6, 6.07) is 10.4. The Morgan fingerprint density at radius 2 is 1.92 bits per heavy atom. The van der Waals surface area contributed by atoms with E-state index in [1.807, 2.05) is 45.0 Å². The van der Waals surface area contributed by atoms with Gasteiger partial charge in [0.1, 0.15) is 6.04 Å². The first kappa shape index (κ1) is 26.2. The minimum absolute atomic E-state index is 0.120. The molecule has 0 aliphatic carbocycles. The van der Waals surface area contributed by atoms with Gasteiger partial charge in [0.05, 0.1) is 25.9 Å². The highest BCUT2D eigenvalue weighted by Gasteiger charge is 2.35. The smallest absolute Gasteiger partial charge is 0.260 e. The zero-order valence-corrected chi connectivity index (χ0v) is 22.4. The number of tetrazole rings is 1. The van der Waals surface area contributed by atoms with Crippen molar-refractivity contribution in [1.29, 1.82) is 0 Å². The molecule has 1 saturated heterocycles. The van der Waals surface area contributed by atoms with Crippen LogP contribution >= 0.6 is 0 Å². The lowest BCUT2D eigenvalue weighted by molar-refractivity contribution is -0.137. The number of anilines is 2. The Balaban J connectivity index is 1.43. The van der Waals surface area contributed by atoms with Crippen LogP contribution in [0.3, 0.4) is 0 Å². The van der Waals surface area contributed by atoms with Crippen molar-refractivity contribution in [3.05, 3.63) is 64.4 Å². The molecule has 0 radical (unpaired) electrons. The quantitative estimate of drug-likeness (QED) is 0.470. The second kappa shape index (κ2) is 11.1. The number of carbonyl (C=O) groups excluding carboxylic acids is 2. The van der Waals surface area contributed by atoms with E-state index < -0.39 is 6.04 Å². The maximum Gasteiger partial charge on any atom is 0.260 e. The van der Waals surface area contributed by atoms with E-state index in [2.05, 4.69) is 26.2 Å². The van der Waals surface area contributed by atoms with Crippen LogP contribution in [0.4, 0.5) is 11.6 Å². The summed E-state index contributed by atoms with van der Waals surface area (Å²) < 4.78 is 18.3. The fourth-order valence-corrected chi connectivity index (χ4v) is 4.71. The number of nitrogens with zero attached hydrogens (tertiary/aromatic N) is 5. The highest BCUT2D eigenvalue weighted by Crippen LogP contribution is 2.39. The number of hydrogen-bond donors (Lipinski definition) is 2. The Hall–Kier alpha value is -4.45. The first-order valence-corrected chi connectivity index (χ1v) is 12.7. The van der Waals surface area contributed by atoms with Crippen molar-refractivity contribution in [3.8, 4) is 11.5 Å². The lowest BCUT2D eigenvalue weighted by Gasteiger charge is -2.29. The molecule has 12 nitrogen and oxygen atoms in total. The number of fused-ring (bicyclic) bond motifs is 1. The summed E-state index contributed by atoms with van der Waals surface area (Å²) in [7, 11) is 1.52. The van der Waals surface area contributed by atoms with Crippen molar-refractivity contribution in [1.82, 2.24) is 25.1 Å². The first-order valence-electron chi connectivity index (χ1n) is 12.7. The van der Waals surface area contributed by atoms with Gasteiger partial charge in [-0.2, -0.15) is 4.68 Å². The lowest BCUT2D eigenvalue weighted by Crippen LogP contribution is -2.43. The predicted octanol–water partition coefficient (Wildman–Crippen LogP) is 2.46. The van der Waals surface area contributed by atoms with Crippen LogP contribution in [0.5, 0.6) is 11.5 Å². The molecular formula is C27H31N7O5. The number of rotatable bonds is 7. The number of methoxy groups -OCH3 is 1. The van der Waals surface area contributed by atoms with Gasteiger partial charge in [0.2, 0.25) is 5.95 Å². The molecule has 1 aromatic heterocycles. The molecule has 2 amide bonds. The summed E-state index contributed by atoms with van der Waals surface area (Å²) in [5.74, 6) is 0.842. The number of aryl methyl sites for hydroxylation is 1. The van der Waals surface area contributed by atoms with Crippen molar-refractivity contribution in [3.63, 3.8) is 0 Å². The molecule has 3 aromatic rings. The van der Waals surface area contributed by atoms with Gasteiger partial charge in [0.25, 0.3) is 11.8 Å². The number of hydrogen-bond acceptors (Lipinski definition) is 9. The molecule has 1 atom stereocenters. The fourth-order valence-electron chi connectivity index (χ4n) is 4.71. The summed E-state index contributed by atoms with van der Waals surface area (Å²) >= 11 is 0. The van der Waals surface area contributed by atoms with Crippen molar-refractivity contribution < 1.29 is 23.8 Å². The summed E-state index contributed by atoms with van der Waals surface area (Å²) in [6.45, 7) is 7.78. The van der Waals surface area contributed by atoms with E-state index in [1.165, 1.54) is 7.11 Å². The lowest BCUT2D eigenvalue weighted by atomic mass is 9.94. The topological polar surface area (TPSA) is 133 Å². The minimum atomic E-state index is -0.640. The summed E-state index contributed by atoms with van der Waals surface area (Å²) in [5, 5.41) is 18.2. The predicted molar refractivity (Wildman–Crippen MR) is 143 cm³/mol. The van der Waals surface area contributed by atoms with Crippen LogP contribution in [-0.4, -0.2) is 76.9 Å². The zero-order chi connectivity index (χ0) is 27.5. The van der Waals surface area contributed by atoms with Gasteiger partial charge in [-0.15, -0.1) is 0 Å². The van der Waals surface area contributed by atoms with E-state index in [4.69, 9.17) is 14.2 Å². The Bertz CT molecular complexity index is 1430. The second-order valence-corrected chi connectivity index (χ2v) is 9.41. The monoisotopic (exact) mass is 533 g/mol. The van der Waals surface area contributed by atoms with Crippen molar-refractivity contribution in [2.75, 3.05) is 50.7 Å². The Kier molecular flexibility index (Phi) is 7.46. The van der Waals surface area contributed by atoms with Crippen LogP contribution in [0.2, 0.25) is 0 Å². The number of allylic oxidation sites excluding steroid dienone is 1. The Morgan fingerprint density at radius 1 is 1.13 bits per heavy atom. The van der Waals surface area contributed by atoms with Gasteiger partial charge in [0, 0.05) is 24.5 Å². The average Bonchev–Trinajstić information content (AvgIpc) is 3.41. The van der Waals surface area contributed by atoms with Gasteiger partial charge >= 0.3 is 0 Å². The summed E-state index contributed by atoms with van der Waals surface area (Å²) in [5.41, 5.74) is 4.58. The number of aromatic nitrogens is 4. The van der Waals surface area contributed by atoms with E-state index in [-0.39, 0.29) is 18.4 Å². The molecule has 2 aromatic carbocycles. The standard InChI is InChI=1S/C27H31N7O5/c1-16-6-5-7-20(17(16)2)29-26(36)24-18(3)28-27-30-31-32-34(27)25(24)19-8-9-21(22(14-19)37-4)39-15-23(35)33-10-12-38-13-11-33/h5-9,14,25H,10-13,15H2,1-4H3,(H,29,36)(H,28,30,32). The van der Waals surface area contributed by atoms with Crippen molar-refractivity contribution in [2.24, 2.45) is 0 Å².